The molecule has 0 amide bonds. The van der Waals surface area contributed by atoms with E-state index in [4.69, 9.17) is 4.74 Å². The molecule has 0 bridgehead atoms. The predicted molar refractivity (Wildman–Crippen MR) is 78.3 cm³/mol. The Morgan fingerprint density at radius 3 is 3.00 bits per heavy atom. The molecule has 1 saturated carbocycles. The van der Waals surface area contributed by atoms with E-state index in [0.717, 1.165) is 32.2 Å². The van der Waals surface area contributed by atoms with Crippen molar-refractivity contribution in [3.8, 4) is 0 Å². The fraction of sp³-hybridized carbons (Fsp3) is 0.800. The number of hydrogen-bond donors (Lipinski definition) is 0. The molecule has 0 spiro atoms. The summed E-state index contributed by atoms with van der Waals surface area (Å²) in [5.41, 5.74) is 0. The number of ether oxygens (including phenoxy) is 1. The van der Waals surface area contributed by atoms with Crippen molar-refractivity contribution >= 4 is 11.3 Å². The Morgan fingerprint density at radius 2 is 2.21 bits per heavy atom. The third-order valence-corrected chi connectivity index (χ3v) is 5.15. The summed E-state index contributed by atoms with van der Waals surface area (Å²) >= 11 is 1.76. The number of morpholine rings is 1. The average molecular weight is 280 g/mol. The highest BCUT2D eigenvalue weighted by Gasteiger charge is 2.25. The second-order valence-electron chi connectivity index (χ2n) is 5.89. The molecule has 0 aromatic carbocycles. The van der Waals surface area contributed by atoms with Crippen molar-refractivity contribution in [1.82, 2.24) is 9.88 Å². The van der Waals surface area contributed by atoms with Gasteiger partial charge in [-0.15, -0.1) is 11.3 Å². The van der Waals surface area contributed by atoms with Gasteiger partial charge in [0.15, 0.2) is 0 Å². The van der Waals surface area contributed by atoms with Crippen molar-refractivity contribution in [1.29, 1.82) is 0 Å². The van der Waals surface area contributed by atoms with Crippen LogP contribution in [-0.4, -0.2) is 35.7 Å². The van der Waals surface area contributed by atoms with E-state index >= 15 is 0 Å². The van der Waals surface area contributed by atoms with Crippen LogP contribution >= 0.6 is 11.3 Å². The van der Waals surface area contributed by atoms with Gasteiger partial charge in [0.05, 0.1) is 19.3 Å². The summed E-state index contributed by atoms with van der Waals surface area (Å²) < 4.78 is 5.97. The summed E-state index contributed by atoms with van der Waals surface area (Å²) in [4.78, 5) is 6.90. The Hall–Kier alpha value is -0.450. The summed E-state index contributed by atoms with van der Waals surface area (Å²) in [6.07, 6.45) is 10.8. The topological polar surface area (TPSA) is 25.4 Å². The molecule has 19 heavy (non-hydrogen) atoms. The molecule has 3 nitrogen and oxygen atoms in total. The van der Waals surface area contributed by atoms with E-state index < -0.39 is 0 Å². The van der Waals surface area contributed by atoms with Crippen molar-refractivity contribution in [2.45, 2.75) is 51.2 Å². The zero-order chi connectivity index (χ0) is 12.9. The van der Waals surface area contributed by atoms with Crippen LogP contribution in [0.5, 0.6) is 0 Å². The molecule has 1 aliphatic carbocycles. The van der Waals surface area contributed by atoms with Crippen LogP contribution in [0.2, 0.25) is 0 Å². The highest BCUT2D eigenvalue weighted by molar-refractivity contribution is 7.09. The normalized spacial score (nSPS) is 26.6. The Morgan fingerprint density at radius 1 is 1.32 bits per heavy atom. The van der Waals surface area contributed by atoms with Gasteiger partial charge < -0.3 is 4.74 Å². The molecular formula is C15H24N2OS. The Bertz CT molecular complexity index is 362. The Kier molecular flexibility index (Phi) is 4.86. The first-order valence-electron chi connectivity index (χ1n) is 7.62. The lowest BCUT2D eigenvalue weighted by Crippen LogP contribution is -2.42. The molecule has 1 aliphatic heterocycles. The van der Waals surface area contributed by atoms with Gasteiger partial charge in [-0.2, -0.15) is 0 Å². The summed E-state index contributed by atoms with van der Waals surface area (Å²) in [7, 11) is 0. The van der Waals surface area contributed by atoms with E-state index in [0.29, 0.717) is 6.10 Å². The van der Waals surface area contributed by atoms with Gasteiger partial charge >= 0.3 is 0 Å². The van der Waals surface area contributed by atoms with Crippen LogP contribution in [0.25, 0.3) is 0 Å². The lowest BCUT2D eigenvalue weighted by molar-refractivity contribution is -0.0439. The molecule has 2 heterocycles. The predicted octanol–water partition coefficient (Wildman–Crippen LogP) is 3.31. The zero-order valence-corrected chi connectivity index (χ0v) is 12.4. The molecule has 0 N–H and O–H groups in total. The van der Waals surface area contributed by atoms with E-state index in [9.17, 15) is 0 Å². The largest absolute Gasteiger partial charge is 0.376 e. The quantitative estimate of drug-likeness (QED) is 0.846. The number of nitrogens with zero attached hydrogens (tertiary/aromatic N) is 2. The summed E-state index contributed by atoms with van der Waals surface area (Å²) in [6.45, 7) is 4.04. The second-order valence-corrected chi connectivity index (χ2v) is 6.87. The maximum atomic E-state index is 5.97. The molecule has 1 aromatic rings. The molecule has 2 fully saturated rings. The Balaban J connectivity index is 1.47. The maximum Gasteiger partial charge on any atom is 0.107 e. The van der Waals surface area contributed by atoms with Gasteiger partial charge in [0.2, 0.25) is 0 Å². The van der Waals surface area contributed by atoms with Crippen LogP contribution in [0.4, 0.5) is 0 Å². The van der Waals surface area contributed by atoms with Crippen molar-refractivity contribution < 1.29 is 4.74 Å². The SMILES string of the molecule is c1csc(CN2CCOC(CC3CCCCC3)C2)n1. The minimum absolute atomic E-state index is 0.455. The lowest BCUT2D eigenvalue weighted by Gasteiger charge is -2.35. The fourth-order valence-electron chi connectivity index (χ4n) is 3.38. The van der Waals surface area contributed by atoms with E-state index in [2.05, 4.69) is 15.3 Å². The van der Waals surface area contributed by atoms with Crippen molar-refractivity contribution in [3.05, 3.63) is 16.6 Å². The van der Waals surface area contributed by atoms with Crippen LogP contribution < -0.4 is 0 Å². The third-order valence-electron chi connectivity index (χ3n) is 4.39. The van der Waals surface area contributed by atoms with Crippen LogP contribution in [0.1, 0.15) is 43.5 Å². The van der Waals surface area contributed by atoms with Crippen LogP contribution in [0.3, 0.4) is 0 Å². The molecule has 3 rings (SSSR count). The highest BCUT2D eigenvalue weighted by Crippen LogP contribution is 2.29. The summed E-state index contributed by atoms with van der Waals surface area (Å²) in [6, 6.07) is 0. The first kappa shape index (κ1) is 13.5. The van der Waals surface area contributed by atoms with Crippen molar-refractivity contribution in [3.63, 3.8) is 0 Å². The van der Waals surface area contributed by atoms with E-state index in [1.54, 1.807) is 11.3 Å². The summed E-state index contributed by atoms with van der Waals surface area (Å²) in [5.74, 6) is 0.915. The smallest absolute Gasteiger partial charge is 0.107 e. The first-order chi connectivity index (χ1) is 9.40. The monoisotopic (exact) mass is 280 g/mol. The maximum absolute atomic E-state index is 5.97. The molecule has 1 saturated heterocycles. The molecular weight excluding hydrogens is 256 g/mol. The van der Waals surface area contributed by atoms with Crippen LogP contribution in [0.15, 0.2) is 11.6 Å². The van der Waals surface area contributed by atoms with Gasteiger partial charge in [-0.25, -0.2) is 4.98 Å². The standard InChI is InChI=1S/C15H24N2OS/c1-2-4-13(5-3-1)10-14-11-17(7-8-18-14)12-15-16-6-9-19-15/h6,9,13-14H,1-5,7-8,10-12H2. The Labute approximate surface area is 120 Å². The van der Waals surface area contributed by atoms with E-state index in [1.807, 2.05) is 6.20 Å². The lowest BCUT2D eigenvalue weighted by atomic mass is 9.85. The second kappa shape index (κ2) is 6.82. The fourth-order valence-corrected chi connectivity index (χ4v) is 4.04. The molecule has 106 valence electrons. The zero-order valence-electron chi connectivity index (χ0n) is 11.6. The minimum Gasteiger partial charge on any atom is -0.376 e. The highest BCUT2D eigenvalue weighted by atomic mass is 32.1. The number of aromatic nitrogens is 1. The van der Waals surface area contributed by atoms with Gasteiger partial charge in [-0.05, 0) is 12.3 Å². The molecule has 4 heteroatoms. The molecule has 1 atom stereocenters. The molecule has 1 aromatic heterocycles. The van der Waals surface area contributed by atoms with Gasteiger partial charge in [0.25, 0.3) is 0 Å². The average Bonchev–Trinajstić information content (AvgIpc) is 2.93. The van der Waals surface area contributed by atoms with Crippen molar-refractivity contribution in [2.75, 3.05) is 19.7 Å². The number of thiazole rings is 1. The van der Waals surface area contributed by atoms with Gasteiger partial charge in [0.1, 0.15) is 5.01 Å². The minimum atomic E-state index is 0.455. The third kappa shape index (κ3) is 4.01. The van der Waals surface area contributed by atoms with Crippen molar-refractivity contribution in [2.24, 2.45) is 5.92 Å². The van der Waals surface area contributed by atoms with Crippen LogP contribution in [-0.2, 0) is 11.3 Å². The van der Waals surface area contributed by atoms with E-state index in [1.165, 1.54) is 43.5 Å². The van der Waals surface area contributed by atoms with E-state index in [-0.39, 0.29) is 0 Å². The number of rotatable bonds is 4. The van der Waals surface area contributed by atoms with Gasteiger partial charge in [0, 0.05) is 24.7 Å². The molecule has 1 unspecified atom stereocenters. The van der Waals surface area contributed by atoms with Gasteiger partial charge in [-0.3, -0.25) is 4.90 Å². The van der Waals surface area contributed by atoms with Crippen LogP contribution in [0, 0.1) is 5.92 Å². The summed E-state index contributed by atoms with van der Waals surface area (Å²) in [5, 5.41) is 3.30. The molecule has 2 aliphatic rings. The first-order valence-corrected chi connectivity index (χ1v) is 8.50. The van der Waals surface area contributed by atoms with Gasteiger partial charge in [-0.1, -0.05) is 32.1 Å². The number of hydrogen-bond acceptors (Lipinski definition) is 4. The molecule has 0 radical (unpaired) electrons.